The van der Waals surface area contributed by atoms with Gasteiger partial charge < -0.3 is 19.2 Å². The number of carbonyl (C=O) groups is 1. The van der Waals surface area contributed by atoms with Crippen LogP contribution in [0.25, 0.3) is 11.0 Å². The van der Waals surface area contributed by atoms with Gasteiger partial charge in [0, 0.05) is 19.0 Å². The van der Waals surface area contributed by atoms with Gasteiger partial charge in [-0.2, -0.15) is 11.3 Å². The van der Waals surface area contributed by atoms with Gasteiger partial charge >= 0.3 is 0 Å². The van der Waals surface area contributed by atoms with Crippen LogP contribution in [0.15, 0.2) is 45.5 Å². The molecule has 0 bridgehead atoms. The number of carbonyl (C=O) groups excluding carboxylic acids is 1. The van der Waals surface area contributed by atoms with E-state index >= 15 is 0 Å². The number of hydrogen-bond acceptors (Lipinski definition) is 5. The van der Waals surface area contributed by atoms with Gasteiger partial charge in [-0.1, -0.05) is 12.1 Å². The van der Waals surface area contributed by atoms with E-state index in [1.807, 2.05) is 29.0 Å². The quantitative estimate of drug-likeness (QED) is 0.749. The highest BCUT2D eigenvalue weighted by Gasteiger charge is 2.17. The zero-order valence-electron chi connectivity index (χ0n) is 12.9. The van der Waals surface area contributed by atoms with Crippen LogP contribution in [0.2, 0.25) is 0 Å². The molecule has 2 heterocycles. The molecular weight excluding hydrogens is 314 g/mol. The first-order chi connectivity index (χ1) is 11.2. The summed E-state index contributed by atoms with van der Waals surface area (Å²) in [6.07, 6.45) is -0.177. The van der Waals surface area contributed by atoms with Crippen LogP contribution in [-0.2, 0) is 4.74 Å². The second-order valence-electron chi connectivity index (χ2n) is 4.98. The fraction of sp³-hybridized carbons (Fsp3) is 0.235. The summed E-state index contributed by atoms with van der Waals surface area (Å²) >= 11 is 1.60. The van der Waals surface area contributed by atoms with Crippen LogP contribution < -0.4 is 10.1 Å². The Morgan fingerprint density at radius 1 is 1.35 bits per heavy atom. The normalized spacial score (nSPS) is 12.3. The molecule has 1 N–H and O–H groups in total. The van der Waals surface area contributed by atoms with Gasteiger partial charge in [-0.05, 0) is 34.5 Å². The lowest BCUT2D eigenvalue weighted by atomic mass is 10.2. The van der Waals surface area contributed by atoms with Gasteiger partial charge in [0.05, 0.1) is 7.11 Å². The monoisotopic (exact) mass is 331 g/mol. The summed E-state index contributed by atoms with van der Waals surface area (Å²) in [5.41, 5.74) is 1.62. The number of rotatable bonds is 6. The highest BCUT2D eigenvalue weighted by Crippen LogP contribution is 2.28. The summed E-state index contributed by atoms with van der Waals surface area (Å²) in [6, 6.07) is 9.22. The first kappa shape index (κ1) is 15.6. The third-order valence-corrected chi connectivity index (χ3v) is 4.30. The molecule has 0 spiro atoms. The van der Waals surface area contributed by atoms with Crippen LogP contribution in [0.3, 0.4) is 0 Å². The van der Waals surface area contributed by atoms with E-state index in [0.29, 0.717) is 17.9 Å². The van der Waals surface area contributed by atoms with E-state index in [-0.39, 0.29) is 17.8 Å². The smallest absolute Gasteiger partial charge is 0.287 e. The number of amides is 1. The van der Waals surface area contributed by atoms with Crippen molar-refractivity contribution >= 4 is 28.2 Å². The molecule has 120 valence electrons. The molecule has 0 saturated carbocycles. The predicted octanol–water partition coefficient (Wildman–Crippen LogP) is 3.62. The van der Waals surface area contributed by atoms with E-state index in [1.54, 1.807) is 37.7 Å². The maximum absolute atomic E-state index is 12.3. The van der Waals surface area contributed by atoms with Crippen LogP contribution in [0.4, 0.5) is 0 Å². The van der Waals surface area contributed by atoms with Gasteiger partial charge in [-0.3, -0.25) is 4.79 Å². The molecule has 0 unspecified atom stereocenters. The van der Waals surface area contributed by atoms with Crippen molar-refractivity contribution in [1.29, 1.82) is 0 Å². The largest absolute Gasteiger partial charge is 0.493 e. The van der Waals surface area contributed by atoms with E-state index < -0.39 is 0 Å². The Balaban J connectivity index is 1.73. The molecular formula is C17H17NO4S. The van der Waals surface area contributed by atoms with Gasteiger partial charge in [0.2, 0.25) is 0 Å². The standard InChI is InChI=1S/C17H17NO4S/c1-20-13-5-3-4-11-8-14(22-16(11)13)17(19)18-9-15(21-2)12-6-7-23-10-12/h3-8,10,15H,9H2,1-2H3,(H,18,19)/t15-/m1/s1. The van der Waals surface area contributed by atoms with Gasteiger partial charge in [-0.25, -0.2) is 0 Å². The van der Waals surface area contributed by atoms with Crippen LogP contribution in [-0.4, -0.2) is 26.7 Å². The number of thiophene rings is 1. The second kappa shape index (κ2) is 6.85. The molecule has 6 heteroatoms. The Kier molecular flexibility index (Phi) is 4.64. The SMILES string of the molecule is COc1cccc2cc(C(=O)NC[C@@H](OC)c3ccsc3)oc12. The second-order valence-corrected chi connectivity index (χ2v) is 5.76. The van der Waals surface area contributed by atoms with Crippen LogP contribution in [0.1, 0.15) is 22.2 Å². The van der Waals surface area contributed by atoms with Gasteiger partial charge in [0.15, 0.2) is 17.1 Å². The maximum atomic E-state index is 12.3. The molecule has 3 rings (SSSR count). The summed E-state index contributed by atoms with van der Waals surface area (Å²) in [6.45, 7) is 0.375. The molecule has 0 aliphatic carbocycles. The molecule has 1 aromatic carbocycles. The number of furan rings is 1. The Labute approximate surface area is 137 Å². The summed E-state index contributed by atoms with van der Waals surface area (Å²) in [5, 5.41) is 7.66. The minimum atomic E-state index is -0.277. The van der Waals surface area contributed by atoms with Crippen molar-refractivity contribution in [2.24, 2.45) is 0 Å². The molecule has 2 aromatic heterocycles. The molecule has 0 aliphatic rings. The summed E-state index contributed by atoms with van der Waals surface area (Å²) in [7, 11) is 3.20. The van der Waals surface area contributed by atoms with Gasteiger partial charge in [-0.15, -0.1) is 0 Å². The lowest BCUT2D eigenvalue weighted by Crippen LogP contribution is -2.28. The molecule has 1 amide bonds. The lowest BCUT2D eigenvalue weighted by molar-refractivity contribution is 0.0810. The molecule has 0 fully saturated rings. The molecule has 23 heavy (non-hydrogen) atoms. The minimum Gasteiger partial charge on any atom is -0.493 e. The zero-order valence-corrected chi connectivity index (χ0v) is 13.7. The van der Waals surface area contributed by atoms with Crippen LogP contribution >= 0.6 is 11.3 Å². The minimum absolute atomic E-state index is 0.177. The van der Waals surface area contributed by atoms with Crippen molar-refractivity contribution in [2.75, 3.05) is 20.8 Å². The Morgan fingerprint density at radius 2 is 2.22 bits per heavy atom. The van der Waals surface area contributed by atoms with Gasteiger partial charge in [0.1, 0.15) is 6.10 Å². The number of nitrogens with one attached hydrogen (secondary N) is 1. The number of ether oxygens (including phenoxy) is 2. The Bertz CT molecular complexity index is 794. The fourth-order valence-corrected chi connectivity index (χ4v) is 3.08. The van der Waals surface area contributed by atoms with Crippen molar-refractivity contribution in [3.63, 3.8) is 0 Å². The first-order valence-electron chi connectivity index (χ1n) is 7.12. The van der Waals surface area contributed by atoms with Crippen LogP contribution in [0, 0.1) is 0 Å². The third kappa shape index (κ3) is 3.23. The summed E-state index contributed by atoms with van der Waals surface area (Å²) in [5.74, 6) is 0.583. The van der Waals surface area contributed by atoms with Crippen molar-refractivity contribution < 1.29 is 18.7 Å². The fourth-order valence-electron chi connectivity index (χ4n) is 2.38. The molecule has 5 nitrogen and oxygen atoms in total. The number of benzene rings is 1. The highest BCUT2D eigenvalue weighted by molar-refractivity contribution is 7.07. The molecule has 1 atom stereocenters. The highest BCUT2D eigenvalue weighted by atomic mass is 32.1. The summed E-state index contributed by atoms with van der Waals surface area (Å²) in [4.78, 5) is 12.3. The van der Waals surface area contributed by atoms with E-state index in [9.17, 15) is 4.79 Å². The number of fused-ring (bicyclic) bond motifs is 1. The van der Waals surface area contributed by atoms with Crippen molar-refractivity contribution in [2.45, 2.75) is 6.10 Å². The molecule has 0 aliphatic heterocycles. The average Bonchev–Trinajstić information content (AvgIpc) is 3.24. The van der Waals surface area contributed by atoms with E-state index in [1.165, 1.54) is 0 Å². The van der Waals surface area contributed by atoms with E-state index in [0.717, 1.165) is 10.9 Å². The first-order valence-corrected chi connectivity index (χ1v) is 8.07. The molecule has 0 radical (unpaired) electrons. The van der Waals surface area contributed by atoms with Crippen LogP contribution in [0.5, 0.6) is 5.75 Å². The van der Waals surface area contributed by atoms with E-state index in [4.69, 9.17) is 13.9 Å². The Hall–Kier alpha value is -2.31. The molecule has 0 saturated heterocycles. The number of hydrogen-bond donors (Lipinski definition) is 1. The Morgan fingerprint density at radius 3 is 2.91 bits per heavy atom. The maximum Gasteiger partial charge on any atom is 0.287 e. The average molecular weight is 331 g/mol. The number of methoxy groups -OCH3 is 2. The van der Waals surface area contributed by atoms with Crippen molar-refractivity contribution in [3.05, 3.63) is 52.4 Å². The van der Waals surface area contributed by atoms with E-state index in [2.05, 4.69) is 5.32 Å². The van der Waals surface area contributed by atoms with Crippen molar-refractivity contribution in [3.8, 4) is 5.75 Å². The van der Waals surface area contributed by atoms with Crippen molar-refractivity contribution in [1.82, 2.24) is 5.32 Å². The summed E-state index contributed by atoms with van der Waals surface area (Å²) < 4.78 is 16.3. The number of para-hydroxylation sites is 1. The predicted molar refractivity (Wildman–Crippen MR) is 89.2 cm³/mol. The molecule has 3 aromatic rings. The zero-order chi connectivity index (χ0) is 16.2. The van der Waals surface area contributed by atoms with Gasteiger partial charge in [0.25, 0.3) is 5.91 Å². The lowest BCUT2D eigenvalue weighted by Gasteiger charge is -2.14. The topological polar surface area (TPSA) is 60.7 Å². The third-order valence-electron chi connectivity index (χ3n) is 3.60.